The lowest BCUT2D eigenvalue weighted by Gasteiger charge is -2.11. The number of amides is 1. The highest BCUT2D eigenvalue weighted by Gasteiger charge is 2.12. The number of aryl methyl sites for hydroxylation is 1. The SMILES string of the molecule is Cc1ccc(F)cc1-n1ccn(CC(=O)NCc2ccc(F)cc2)c(=O)c1=O. The number of hydrogen-bond donors (Lipinski definition) is 1. The number of rotatable bonds is 5. The Labute approximate surface area is 158 Å². The second-order valence-electron chi connectivity index (χ2n) is 6.24. The van der Waals surface area contributed by atoms with E-state index in [0.29, 0.717) is 11.1 Å². The first kappa shape index (κ1) is 19.2. The summed E-state index contributed by atoms with van der Waals surface area (Å²) in [5, 5.41) is 2.60. The van der Waals surface area contributed by atoms with Crippen LogP contribution in [0.1, 0.15) is 11.1 Å². The molecule has 3 aromatic rings. The molecule has 0 saturated carbocycles. The van der Waals surface area contributed by atoms with E-state index in [-0.39, 0.29) is 24.6 Å². The average molecular weight is 385 g/mol. The summed E-state index contributed by atoms with van der Waals surface area (Å²) in [7, 11) is 0. The van der Waals surface area contributed by atoms with Gasteiger partial charge in [0, 0.05) is 18.9 Å². The summed E-state index contributed by atoms with van der Waals surface area (Å²) >= 11 is 0. The minimum absolute atomic E-state index is 0.160. The van der Waals surface area contributed by atoms with Crippen LogP contribution in [0.4, 0.5) is 8.78 Å². The van der Waals surface area contributed by atoms with Crippen LogP contribution >= 0.6 is 0 Å². The summed E-state index contributed by atoms with van der Waals surface area (Å²) in [6.07, 6.45) is 2.62. The fourth-order valence-corrected chi connectivity index (χ4v) is 2.68. The van der Waals surface area contributed by atoms with Gasteiger partial charge in [-0.3, -0.25) is 23.5 Å². The van der Waals surface area contributed by atoms with E-state index in [1.165, 1.54) is 48.8 Å². The second kappa shape index (κ2) is 7.99. The summed E-state index contributed by atoms with van der Waals surface area (Å²) in [5.74, 6) is -1.39. The molecule has 0 fully saturated rings. The third kappa shape index (κ3) is 4.22. The van der Waals surface area contributed by atoms with Gasteiger partial charge >= 0.3 is 11.1 Å². The quantitative estimate of drug-likeness (QED) is 0.682. The number of benzene rings is 2. The zero-order valence-corrected chi connectivity index (χ0v) is 15.0. The Morgan fingerprint density at radius 2 is 1.64 bits per heavy atom. The van der Waals surface area contributed by atoms with E-state index in [9.17, 15) is 23.2 Å². The highest BCUT2D eigenvalue weighted by Crippen LogP contribution is 2.13. The Balaban J connectivity index is 1.76. The average Bonchev–Trinajstić information content (AvgIpc) is 2.67. The minimum Gasteiger partial charge on any atom is -0.350 e. The van der Waals surface area contributed by atoms with Crippen molar-refractivity contribution in [1.29, 1.82) is 0 Å². The molecule has 0 saturated heterocycles. The van der Waals surface area contributed by atoms with Gasteiger partial charge in [-0.2, -0.15) is 0 Å². The fourth-order valence-electron chi connectivity index (χ4n) is 2.68. The molecule has 8 heteroatoms. The summed E-state index contributed by atoms with van der Waals surface area (Å²) in [5.41, 5.74) is -0.211. The molecule has 0 aliphatic carbocycles. The molecule has 2 aromatic carbocycles. The van der Waals surface area contributed by atoms with Crippen molar-refractivity contribution >= 4 is 5.91 Å². The van der Waals surface area contributed by atoms with Crippen LogP contribution in [-0.4, -0.2) is 15.0 Å². The van der Waals surface area contributed by atoms with Gasteiger partial charge in [-0.15, -0.1) is 0 Å². The van der Waals surface area contributed by atoms with Crippen LogP contribution in [-0.2, 0) is 17.9 Å². The second-order valence-corrected chi connectivity index (χ2v) is 6.24. The van der Waals surface area contributed by atoms with E-state index in [1.807, 2.05) is 0 Å². The molecule has 0 aliphatic rings. The predicted molar refractivity (Wildman–Crippen MR) is 99.2 cm³/mol. The zero-order valence-electron chi connectivity index (χ0n) is 15.0. The van der Waals surface area contributed by atoms with Crippen LogP contribution < -0.4 is 16.4 Å². The van der Waals surface area contributed by atoms with E-state index in [4.69, 9.17) is 0 Å². The van der Waals surface area contributed by atoms with E-state index in [2.05, 4.69) is 5.32 Å². The smallest absolute Gasteiger partial charge is 0.320 e. The lowest BCUT2D eigenvalue weighted by Crippen LogP contribution is -2.42. The Morgan fingerprint density at radius 3 is 2.36 bits per heavy atom. The molecule has 144 valence electrons. The van der Waals surface area contributed by atoms with Crippen LogP contribution in [0.3, 0.4) is 0 Å². The lowest BCUT2D eigenvalue weighted by atomic mass is 10.2. The largest absolute Gasteiger partial charge is 0.350 e. The molecule has 1 amide bonds. The highest BCUT2D eigenvalue weighted by atomic mass is 19.1. The Kier molecular flexibility index (Phi) is 5.49. The van der Waals surface area contributed by atoms with Gasteiger partial charge in [-0.05, 0) is 42.3 Å². The molecule has 1 aromatic heterocycles. The molecule has 0 bridgehead atoms. The molecule has 1 heterocycles. The van der Waals surface area contributed by atoms with Crippen LogP contribution in [0.2, 0.25) is 0 Å². The van der Waals surface area contributed by atoms with Crippen LogP contribution in [0.5, 0.6) is 0 Å². The molecule has 0 unspecified atom stereocenters. The Hall–Kier alpha value is -3.55. The molecular formula is C20H17F2N3O3. The van der Waals surface area contributed by atoms with E-state index in [1.54, 1.807) is 6.92 Å². The van der Waals surface area contributed by atoms with Crippen LogP contribution in [0.15, 0.2) is 64.4 Å². The monoisotopic (exact) mass is 385 g/mol. The topological polar surface area (TPSA) is 73.1 Å². The number of halogens is 2. The Bertz CT molecular complexity index is 1130. The highest BCUT2D eigenvalue weighted by molar-refractivity contribution is 5.75. The molecule has 6 nitrogen and oxygen atoms in total. The summed E-state index contributed by atoms with van der Waals surface area (Å²) < 4.78 is 28.4. The van der Waals surface area contributed by atoms with Crippen LogP contribution in [0, 0.1) is 18.6 Å². The number of aromatic nitrogens is 2. The summed E-state index contributed by atoms with van der Waals surface area (Å²) in [6.45, 7) is 1.50. The van der Waals surface area contributed by atoms with Crippen molar-refractivity contribution in [3.8, 4) is 5.69 Å². The van der Waals surface area contributed by atoms with Crippen molar-refractivity contribution in [3.05, 3.63) is 98.3 Å². The van der Waals surface area contributed by atoms with Gasteiger partial charge in [0.2, 0.25) is 5.91 Å². The Morgan fingerprint density at radius 1 is 0.964 bits per heavy atom. The molecule has 0 atom stereocenters. The predicted octanol–water partition coefficient (Wildman–Crippen LogP) is 1.90. The zero-order chi connectivity index (χ0) is 20.3. The van der Waals surface area contributed by atoms with Gasteiger partial charge in [-0.1, -0.05) is 18.2 Å². The van der Waals surface area contributed by atoms with E-state index < -0.39 is 22.8 Å². The number of carbonyl (C=O) groups is 1. The number of carbonyl (C=O) groups excluding carboxylic acids is 1. The van der Waals surface area contributed by atoms with Gasteiger partial charge in [0.15, 0.2) is 0 Å². The number of nitrogens with one attached hydrogen (secondary N) is 1. The first-order valence-electron chi connectivity index (χ1n) is 8.45. The van der Waals surface area contributed by atoms with E-state index in [0.717, 1.165) is 15.2 Å². The van der Waals surface area contributed by atoms with Crippen molar-refractivity contribution in [2.45, 2.75) is 20.0 Å². The van der Waals surface area contributed by atoms with Gasteiger partial charge in [0.1, 0.15) is 18.2 Å². The third-order valence-electron chi connectivity index (χ3n) is 4.21. The third-order valence-corrected chi connectivity index (χ3v) is 4.21. The lowest BCUT2D eigenvalue weighted by molar-refractivity contribution is -0.121. The molecule has 3 rings (SSSR count). The van der Waals surface area contributed by atoms with Crippen molar-refractivity contribution in [2.75, 3.05) is 0 Å². The molecule has 0 spiro atoms. The van der Waals surface area contributed by atoms with Crippen molar-refractivity contribution in [2.24, 2.45) is 0 Å². The minimum atomic E-state index is -0.900. The maximum Gasteiger partial charge on any atom is 0.320 e. The maximum absolute atomic E-state index is 13.5. The number of nitrogens with zero attached hydrogens (tertiary/aromatic N) is 2. The molecule has 28 heavy (non-hydrogen) atoms. The van der Waals surface area contributed by atoms with Crippen molar-refractivity contribution in [1.82, 2.24) is 14.5 Å². The maximum atomic E-state index is 13.5. The molecule has 0 aliphatic heterocycles. The normalized spacial score (nSPS) is 10.7. The van der Waals surface area contributed by atoms with Crippen molar-refractivity contribution in [3.63, 3.8) is 0 Å². The van der Waals surface area contributed by atoms with Crippen LogP contribution in [0.25, 0.3) is 5.69 Å². The van der Waals surface area contributed by atoms with Crippen molar-refractivity contribution < 1.29 is 13.6 Å². The van der Waals surface area contributed by atoms with E-state index >= 15 is 0 Å². The van der Waals surface area contributed by atoms with Gasteiger partial charge in [0.05, 0.1) is 5.69 Å². The summed E-state index contributed by atoms with van der Waals surface area (Å²) in [6, 6.07) is 9.55. The van der Waals surface area contributed by atoms with Gasteiger partial charge in [0.25, 0.3) is 0 Å². The number of hydrogen-bond acceptors (Lipinski definition) is 3. The fraction of sp³-hybridized carbons (Fsp3) is 0.150. The standard InChI is InChI=1S/C20H17F2N3O3/c1-13-2-5-16(22)10-17(13)25-9-8-24(19(27)20(25)28)12-18(26)23-11-14-3-6-15(21)7-4-14/h2-10H,11-12H2,1H3,(H,23,26). The first-order chi connectivity index (χ1) is 13.3. The summed E-state index contributed by atoms with van der Waals surface area (Å²) in [4.78, 5) is 36.8. The molecule has 0 radical (unpaired) electrons. The first-order valence-corrected chi connectivity index (χ1v) is 8.45. The van der Waals surface area contributed by atoms with Gasteiger partial charge < -0.3 is 5.32 Å². The molecule has 1 N–H and O–H groups in total. The molecular weight excluding hydrogens is 368 g/mol. The van der Waals surface area contributed by atoms with Gasteiger partial charge in [-0.25, -0.2) is 8.78 Å².